The number of anilines is 1. The number of Topliss-reactive ketones (excluding diaryl/α,β-unsaturated/α-hetero) is 1. The maximum atomic E-state index is 11.5. The molecule has 1 atom stereocenters. The van der Waals surface area contributed by atoms with Crippen molar-refractivity contribution in [3.63, 3.8) is 0 Å². The number of esters is 1. The fourth-order valence-electron chi connectivity index (χ4n) is 3.07. The third-order valence-corrected chi connectivity index (χ3v) is 4.90. The Hall–Kier alpha value is -2.87. The van der Waals surface area contributed by atoms with Crippen LogP contribution in [0.5, 0.6) is 0 Å². The van der Waals surface area contributed by atoms with Crippen molar-refractivity contribution in [2.75, 3.05) is 18.5 Å². The summed E-state index contributed by atoms with van der Waals surface area (Å²) in [5.41, 5.74) is 3.22. The second-order valence-electron chi connectivity index (χ2n) is 6.91. The summed E-state index contributed by atoms with van der Waals surface area (Å²) in [7, 11) is 0. The molecule has 1 aromatic carbocycles. The summed E-state index contributed by atoms with van der Waals surface area (Å²) in [4.78, 5) is 36.6. The standard InChI is InChI=1S/C22H23BrN4O3/c1-14(28)13-25-22-20(7-5-11-30-15(2)29)26-21(19-6-3-4-10-24-19)17-12-16(23)8-9-18(17)27-22/h3-4,6,8-10,12,20H,5,7,11,13H2,1-2H3,(H,25,27)/t20-/m0/s1. The van der Waals surface area contributed by atoms with Crippen LogP contribution in [0.15, 0.2) is 57.1 Å². The molecule has 2 heterocycles. The number of hydrogen-bond acceptors (Lipinski definition) is 6. The Bertz CT molecular complexity index is 989. The Morgan fingerprint density at radius 2 is 2.07 bits per heavy atom. The van der Waals surface area contributed by atoms with Crippen LogP contribution in [0.4, 0.5) is 5.69 Å². The van der Waals surface area contributed by atoms with Gasteiger partial charge in [-0.25, -0.2) is 0 Å². The molecule has 0 unspecified atom stereocenters. The van der Waals surface area contributed by atoms with Gasteiger partial charge >= 0.3 is 5.97 Å². The van der Waals surface area contributed by atoms with Crippen LogP contribution in [0.2, 0.25) is 0 Å². The van der Waals surface area contributed by atoms with Gasteiger partial charge in [-0.15, -0.1) is 0 Å². The van der Waals surface area contributed by atoms with Crippen molar-refractivity contribution in [2.24, 2.45) is 9.98 Å². The molecular weight excluding hydrogens is 448 g/mol. The first kappa shape index (κ1) is 21.8. The average Bonchev–Trinajstić information content (AvgIpc) is 2.87. The van der Waals surface area contributed by atoms with E-state index >= 15 is 0 Å². The van der Waals surface area contributed by atoms with Crippen molar-refractivity contribution in [3.8, 4) is 0 Å². The summed E-state index contributed by atoms with van der Waals surface area (Å²) in [6.45, 7) is 3.27. The lowest BCUT2D eigenvalue weighted by atomic mass is 10.0. The molecule has 30 heavy (non-hydrogen) atoms. The maximum absolute atomic E-state index is 11.5. The van der Waals surface area contributed by atoms with Gasteiger partial charge in [-0.1, -0.05) is 22.0 Å². The summed E-state index contributed by atoms with van der Waals surface area (Å²) < 4.78 is 5.99. The minimum atomic E-state index is -0.330. The highest BCUT2D eigenvalue weighted by Gasteiger charge is 2.25. The van der Waals surface area contributed by atoms with E-state index in [1.54, 1.807) is 6.20 Å². The van der Waals surface area contributed by atoms with E-state index in [-0.39, 0.29) is 24.3 Å². The van der Waals surface area contributed by atoms with Crippen LogP contribution in [-0.2, 0) is 14.3 Å². The number of carbonyl (C=O) groups excluding carboxylic acids is 2. The van der Waals surface area contributed by atoms with Gasteiger partial charge in [0.2, 0.25) is 0 Å². The molecule has 0 fully saturated rings. The molecule has 156 valence electrons. The van der Waals surface area contributed by atoms with Crippen molar-refractivity contribution in [1.82, 2.24) is 4.98 Å². The Morgan fingerprint density at radius 1 is 1.23 bits per heavy atom. The highest BCUT2D eigenvalue weighted by atomic mass is 79.9. The molecule has 0 amide bonds. The van der Waals surface area contributed by atoms with Crippen molar-refractivity contribution in [1.29, 1.82) is 0 Å². The van der Waals surface area contributed by atoms with Gasteiger partial charge in [0, 0.05) is 28.8 Å². The second-order valence-corrected chi connectivity index (χ2v) is 7.82. The van der Waals surface area contributed by atoms with Crippen LogP contribution in [0, 0.1) is 0 Å². The van der Waals surface area contributed by atoms with E-state index in [1.165, 1.54) is 13.8 Å². The predicted octanol–water partition coefficient (Wildman–Crippen LogP) is 3.81. The number of aliphatic imine (C=N–C) groups is 2. The zero-order valence-electron chi connectivity index (χ0n) is 16.9. The number of carbonyl (C=O) groups is 2. The van der Waals surface area contributed by atoms with Gasteiger partial charge in [-0.3, -0.25) is 24.6 Å². The number of halogens is 1. The molecule has 1 aromatic heterocycles. The highest BCUT2D eigenvalue weighted by Crippen LogP contribution is 2.28. The van der Waals surface area contributed by atoms with Gasteiger partial charge in [0.15, 0.2) is 5.78 Å². The number of fused-ring (bicyclic) bond motifs is 1. The number of aromatic nitrogens is 1. The number of amidine groups is 1. The molecule has 2 aromatic rings. The number of pyridine rings is 1. The fourth-order valence-corrected chi connectivity index (χ4v) is 3.43. The lowest BCUT2D eigenvalue weighted by Gasteiger charge is -2.15. The van der Waals surface area contributed by atoms with Crippen molar-refractivity contribution < 1.29 is 14.3 Å². The number of ketones is 1. The molecule has 0 spiro atoms. The lowest BCUT2D eigenvalue weighted by Crippen LogP contribution is -2.27. The number of rotatable bonds is 7. The summed E-state index contributed by atoms with van der Waals surface area (Å²) in [6.07, 6.45) is 2.95. The normalized spacial score (nSPS) is 16.8. The predicted molar refractivity (Wildman–Crippen MR) is 120 cm³/mol. The van der Waals surface area contributed by atoms with E-state index in [0.29, 0.717) is 25.3 Å². The average molecular weight is 471 g/mol. The van der Waals surface area contributed by atoms with Gasteiger partial charge in [0.05, 0.1) is 24.6 Å². The third-order valence-electron chi connectivity index (χ3n) is 4.41. The van der Waals surface area contributed by atoms with Gasteiger partial charge < -0.3 is 10.1 Å². The van der Waals surface area contributed by atoms with Crippen LogP contribution < -0.4 is 5.32 Å². The maximum Gasteiger partial charge on any atom is 0.302 e. The molecule has 0 radical (unpaired) electrons. The Morgan fingerprint density at radius 3 is 2.77 bits per heavy atom. The first-order chi connectivity index (χ1) is 14.4. The van der Waals surface area contributed by atoms with E-state index in [4.69, 9.17) is 9.73 Å². The highest BCUT2D eigenvalue weighted by molar-refractivity contribution is 9.10. The molecule has 0 saturated heterocycles. The van der Waals surface area contributed by atoms with Gasteiger partial charge in [-0.05, 0) is 50.1 Å². The largest absolute Gasteiger partial charge is 0.466 e. The zero-order valence-corrected chi connectivity index (χ0v) is 18.5. The monoisotopic (exact) mass is 470 g/mol. The third kappa shape index (κ3) is 5.82. The van der Waals surface area contributed by atoms with E-state index in [0.717, 1.165) is 27.1 Å². The number of benzene rings is 1. The summed E-state index contributed by atoms with van der Waals surface area (Å²) in [6, 6.07) is 11.2. The van der Waals surface area contributed by atoms with Crippen molar-refractivity contribution in [2.45, 2.75) is 32.7 Å². The lowest BCUT2D eigenvalue weighted by molar-refractivity contribution is -0.141. The molecular formula is C22H23BrN4O3. The summed E-state index contributed by atoms with van der Waals surface area (Å²) in [5.74, 6) is 0.272. The molecule has 0 bridgehead atoms. The minimum Gasteiger partial charge on any atom is -0.466 e. The van der Waals surface area contributed by atoms with Crippen LogP contribution in [0.3, 0.4) is 0 Å². The molecule has 0 aliphatic carbocycles. The van der Waals surface area contributed by atoms with Crippen molar-refractivity contribution >= 4 is 44.9 Å². The van der Waals surface area contributed by atoms with E-state index in [2.05, 4.69) is 31.2 Å². The van der Waals surface area contributed by atoms with Crippen LogP contribution in [-0.4, -0.2) is 47.5 Å². The fraction of sp³-hybridized carbons (Fsp3) is 0.318. The Balaban J connectivity index is 2.03. The minimum absolute atomic E-state index is 0.0304. The summed E-state index contributed by atoms with van der Waals surface area (Å²) >= 11 is 3.53. The van der Waals surface area contributed by atoms with Crippen LogP contribution in [0.25, 0.3) is 0 Å². The van der Waals surface area contributed by atoms with E-state index in [9.17, 15) is 9.59 Å². The zero-order chi connectivity index (χ0) is 21.5. The molecule has 8 heteroatoms. The molecule has 3 rings (SSSR count). The quantitative estimate of drug-likeness (QED) is 0.490. The Kier molecular flexibility index (Phi) is 7.46. The number of ether oxygens (including phenoxy) is 1. The first-order valence-corrected chi connectivity index (χ1v) is 10.5. The van der Waals surface area contributed by atoms with E-state index < -0.39 is 0 Å². The van der Waals surface area contributed by atoms with Gasteiger partial charge in [-0.2, -0.15) is 0 Å². The molecule has 0 saturated carbocycles. The topological polar surface area (TPSA) is 93.0 Å². The van der Waals surface area contributed by atoms with Crippen molar-refractivity contribution in [3.05, 3.63) is 58.3 Å². The van der Waals surface area contributed by atoms with Crippen LogP contribution >= 0.6 is 15.9 Å². The second kappa shape index (κ2) is 10.2. The van der Waals surface area contributed by atoms with Gasteiger partial charge in [0.25, 0.3) is 0 Å². The Labute approximate surface area is 183 Å². The first-order valence-electron chi connectivity index (χ1n) is 9.67. The van der Waals surface area contributed by atoms with Gasteiger partial charge in [0.1, 0.15) is 11.9 Å². The summed E-state index contributed by atoms with van der Waals surface area (Å²) in [5, 5.41) is 3.37. The molecule has 7 nitrogen and oxygen atoms in total. The molecule has 1 aliphatic rings. The SMILES string of the molecule is CC(=O)CN=C1Nc2ccc(Br)cc2C(c2ccccn2)=N[C@H]1CCCOC(C)=O. The van der Waals surface area contributed by atoms with Crippen LogP contribution in [0.1, 0.15) is 37.9 Å². The number of nitrogens with one attached hydrogen (secondary N) is 1. The number of nitrogens with zero attached hydrogens (tertiary/aromatic N) is 3. The number of benzodiazepines with no additional fused rings is 1. The number of hydrogen-bond donors (Lipinski definition) is 1. The van der Waals surface area contributed by atoms with E-state index in [1.807, 2.05) is 36.4 Å². The molecule has 1 aliphatic heterocycles. The smallest absolute Gasteiger partial charge is 0.302 e. The molecule has 1 N–H and O–H groups in total.